The van der Waals surface area contributed by atoms with Crippen LogP contribution in [0.2, 0.25) is 0 Å². The number of amides is 3. The van der Waals surface area contributed by atoms with Crippen molar-refractivity contribution in [1.29, 1.82) is 0 Å². The van der Waals surface area contributed by atoms with Gasteiger partial charge in [0, 0.05) is 44.8 Å². The fourth-order valence-corrected chi connectivity index (χ4v) is 5.99. The maximum absolute atomic E-state index is 13.4. The summed E-state index contributed by atoms with van der Waals surface area (Å²) in [5, 5.41) is 3.81. The number of rotatable bonds is 9. The third-order valence-corrected chi connectivity index (χ3v) is 9.01. The Bertz CT molecular complexity index is 1640. The van der Waals surface area contributed by atoms with Crippen LogP contribution in [0.4, 0.5) is 19.0 Å². The van der Waals surface area contributed by atoms with Gasteiger partial charge >= 0.3 is 12.1 Å². The number of aryl methyl sites for hydroxylation is 2. The van der Waals surface area contributed by atoms with Crippen LogP contribution < -0.4 is 10.1 Å². The molecule has 1 saturated heterocycles. The number of likely N-dealkylation sites (N-methyl/N-ethyl adjacent to an activating group) is 1. The second-order valence-corrected chi connectivity index (χ2v) is 12.6. The summed E-state index contributed by atoms with van der Waals surface area (Å²) in [7, 11) is 5.11. The molecule has 3 atom stereocenters. The maximum Gasteiger partial charge on any atom is 0.434 e. The molecule has 246 valence electrons. The molecule has 0 bridgehead atoms. The van der Waals surface area contributed by atoms with E-state index in [4.69, 9.17) is 4.74 Å². The van der Waals surface area contributed by atoms with Gasteiger partial charge in [-0.3, -0.25) is 19.0 Å². The Kier molecular flexibility index (Phi) is 10.3. The maximum atomic E-state index is 13.4. The molecule has 0 aromatic carbocycles. The van der Waals surface area contributed by atoms with Gasteiger partial charge in [0.05, 0.1) is 31.9 Å². The van der Waals surface area contributed by atoms with Crippen LogP contribution in [0.3, 0.4) is 0 Å². The number of quaternary nitrogens is 1. The number of pyridine rings is 2. The Morgan fingerprint density at radius 2 is 1.93 bits per heavy atom. The molecule has 11 nitrogen and oxygen atoms in total. The number of alkyl halides is 3. The predicted molar refractivity (Wildman–Crippen MR) is 167 cm³/mol. The minimum atomic E-state index is -4.61. The van der Waals surface area contributed by atoms with Crippen molar-refractivity contribution in [2.24, 2.45) is 0 Å². The number of halogens is 3. The molecular formula is C31H37F3N7O4S+. The summed E-state index contributed by atoms with van der Waals surface area (Å²) in [6, 6.07) is 3.12. The Labute approximate surface area is 269 Å². The van der Waals surface area contributed by atoms with Crippen LogP contribution in [-0.4, -0.2) is 100 Å². The van der Waals surface area contributed by atoms with E-state index in [9.17, 15) is 27.6 Å². The van der Waals surface area contributed by atoms with Crippen LogP contribution in [0.1, 0.15) is 55.7 Å². The van der Waals surface area contributed by atoms with Gasteiger partial charge in [0.15, 0.2) is 11.8 Å². The molecule has 46 heavy (non-hydrogen) atoms. The van der Waals surface area contributed by atoms with Gasteiger partial charge in [-0.05, 0) is 44.0 Å². The summed E-state index contributed by atoms with van der Waals surface area (Å²) >= 11 is 0.851. The lowest BCUT2D eigenvalue weighted by Gasteiger charge is -2.44. The number of thiazole rings is 1. The molecule has 1 unspecified atom stereocenters. The molecule has 4 heterocycles. The molecule has 1 aliphatic rings. The average Bonchev–Trinajstić information content (AvgIpc) is 3.50. The third kappa shape index (κ3) is 7.59. The first-order chi connectivity index (χ1) is 21.5. The number of ether oxygens (including phenoxy) is 1. The number of hydrogen-bond acceptors (Lipinski definition) is 9. The second kappa shape index (κ2) is 13.6. The highest BCUT2D eigenvalue weighted by Crippen LogP contribution is 2.34. The van der Waals surface area contributed by atoms with E-state index in [1.807, 2.05) is 18.9 Å². The fourth-order valence-electron chi connectivity index (χ4n) is 5.15. The van der Waals surface area contributed by atoms with E-state index >= 15 is 0 Å². The van der Waals surface area contributed by atoms with Crippen molar-refractivity contribution in [3.63, 3.8) is 0 Å². The summed E-state index contributed by atoms with van der Waals surface area (Å²) in [6.45, 7) is 10.7. The van der Waals surface area contributed by atoms with Crippen LogP contribution in [0.5, 0.6) is 5.75 Å². The Balaban J connectivity index is 1.53. The zero-order valence-electron chi connectivity index (χ0n) is 26.5. The fraction of sp³-hybridized carbons (Fsp3) is 0.419. The highest BCUT2D eigenvalue weighted by Gasteiger charge is 2.42. The minimum Gasteiger partial charge on any atom is -0.480 e. The number of carbonyl (C=O) groups excluding carboxylic acids is 3. The largest absolute Gasteiger partial charge is 0.480 e. The molecule has 1 N–H and O–H groups in total. The molecule has 0 saturated carbocycles. The predicted octanol–water partition coefficient (Wildman–Crippen LogP) is 4.51. The van der Waals surface area contributed by atoms with Gasteiger partial charge in [0.1, 0.15) is 28.3 Å². The van der Waals surface area contributed by atoms with E-state index < -0.39 is 23.9 Å². The summed E-state index contributed by atoms with van der Waals surface area (Å²) in [5.41, 5.74) is 0.525. The first kappa shape index (κ1) is 34.7. The number of carbonyl (C=O) groups is 3. The van der Waals surface area contributed by atoms with Gasteiger partial charge in [0.25, 0.3) is 11.8 Å². The van der Waals surface area contributed by atoms with Crippen LogP contribution in [-0.2, 0) is 11.0 Å². The summed E-state index contributed by atoms with van der Waals surface area (Å²) < 4.78 is 46.6. The molecule has 3 aromatic heterocycles. The van der Waals surface area contributed by atoms with E-state index in [-0.39, 0.29) is 51.2 Å². The smallest absolute Gasteiger partial charge is 0.434 e. The molecular weight excluding hydrogens is 623 g/mol. The van der Waals surface area contributed by atoms with Crippen molar-refractivity contribution in [3.05, 3.63) is 75.6 Å². The Morgan fingerprint density at radius 3 is 2.50 bits per heavy atom. The topological polar surface area (TPSA) is 118 Å². The van der Waals surface area contributed by atoms with Gasteiger partial charge in [-0.1, -0.05) is 6.58 Å². The van der Waals surface area contributed by atoms with Gasteiger partial charge in [0.2, 0.25) is 0 Å². The average molecular weight is 661 g/mol. The first-order valence-electron chi connectivity index (χ1n) is 14.4. The SMILES string of the molecule is C=CC(=O)[N+]1(C)CCN(C[C@@H](Oc2cnc(C(=O)Nc3ncc(C(=O)N(C)C)cc3C)c(C)c2)c2nc(C(F)(F)F)cs2)C[C@H]1C. The molecule has 3 amide bonds. The number of piperazine rings is 1. The van der Waals surface area contributed by atoms with Crippen molar-refractivity contribution in [2.45, 2.75) is 39.1 Å². The quantitative estimate of drug-likeness (QED) is 0.263. The van der Waals surface area contributed by atoms with Gasteiger partial charge < -0.3 is 15.0 Å². The molecule has 0 aliphatic carbocycles. The summed E-state index contributed by atoms with van der Waals surface area (Å²) in [4.78, 5) is 53.7. The van der Waals surface area contributed by atoms with Crippen molar-refractivity contribution < 1.29 is 36.8 Å². The van der Waals surface area contributed by atoms with E-state index in [0.29, 0.717) is 36.3 Å². The normalized spacial score (nSPS) is 19.3. The third-order valence-electron chi connectivity index (χ3n) is 8.08. The molecule has 1 aliphatic heterocycles. The molecule has 1 fully saturated rings. The van der Waals surface area contributed by atoms with E-state index in [1.165, 1.54) is 23.4 Å². The monoisotopic (exact) mass is 660 g/mol. The highest BCUT2D eigenvalue weighted by molar-refractivity contribution is 7.09. The van der Waals surface area contributed by atoms with Crippen LogP contribution in [0.15, 0.2) is 42.6 Å². The number of hydrogen-bond donors (Lipinski definition) is 1. The lowest BCUT2D eigenvalue weighted by molar-refractivity contribution is -0.861. The second-order valence-electron chi connectivity index (χ2n) is 11.7. The highest BCUT2D eigenvalue weighted by atomic mass is 32.1. The van der Waals surface area contributed by atoms with Crippen molar-refractivity contribution in [2.75, 3.05) is 52.6 Å². The van der Waals surface area contributed by atoms with Crippen LogP contribution in [0.25, 0.3) is 0 Å². The number of nitrogens with one attached hydrogen (secondary N) is 1. The van der Waals surface area contributed by atoms with Crippen LogP contribution in [0, 0.1) is 13.8 Å². The van der Waals surface area contributed by atoms with E-state index in [1.54, 1.807) is 40.1 Å². The first-order valence-corrected chi connectivity index (χ1v) is 15.3. The Hall–Kier alpha value is -4.21. The van der Waals surface area contributed by atoms with Gasteiger partial charge in [-0.25, -0.2) is 19.7 Å². The van der Waals surface area contributed by atoms with Gasteiger partial charge in [-0.15, -0.1) is 11.3 Å². The molecule has 0 spiro atoms. The number of aromatic nitrogens is 3. The zero-order chi connectivity index (χ0) is 34.0. The van der Waals surface area contributed by atoms with Crippen molar-refractivity contribution in [1.82, 2.24) is 24.8 Å². The Morgan fingerprint density at radius 1 is 1.22 bits per heavy atom. The van der Waals surface area contributed by atoms with E-state index in [2.05, 4.69) is 26.8 Å². The molecule has 15 heteroatoms. The van der Waals surface area contributed by atoms with Gasteiger partial charge in [-0.2, -0.15) is 13.2 Å². The lowest BCUT2D eigenvalue weighted by atomic mass is 10.1. The van der Waals surface area contributed by atoms with Crippen molar-refractivity contribution >= 4 is 34.9 Å². The molecule has 0 radical (unpaired) electrons. The standard InChI is InChI=1S/C31H36F3N7O4S/c1-8-25(42)41(7)10-9-40(15-20(41)4)16-23(29-37-24(17-46-29)31(32,33)34)45-22-12-18(2)26(35-14-22)28(43)38-27-19(3)11-21(13-36-27)30(44)39(5)6/h8,11-14,17,20,23H,1,9-10,15-16H2,2-7H3/p+1/t20-,23-,41?/m1/s1. The lowest BCUT2D eigenvalue weighted by Crippen LogP contribution is -2.65. The molecule has 4 rings (SSSR count). The number of nitrogens with zero attached hydrogens (tertiary/aromatic N) is 6. The van der Waals surface area contributed by atoms with Crippen LogP contribution >= 0.6 is 11.3 Å². The minimum absolute atomic E-state index is 0.0913. The number of anilines is 1. The zero-order valence-corrected chi connectivity index (χ0v) is 27.3. The van der Waals surface area contributed by atoms with Crippen molar-refractivity contribution in [3.8, 4) is 5.75 Å². The molecule has 3 aromatic rings. The summed E-state index contributed by atoms with van der Waals surface area (Å²) in [6.07, 6.45) is -1.46. The van der Waals surface area contributed by atoms with E-state index in [0.717, 1.165) is 16.7 Å². The summed E-state index contributed by atoms with van der Waals surface area (Å²) in [5.74, 6) is -0.331.